The number of carbonyl (C=O) groups is 3. The Morgan fingerprint density at radius 3 is 2.61 bits per heavy atom. The second kappa shape index (κ2) is 7.05. The summed E-state index contributed by atoms with van der Waals surface area (Å²) >= 11 is 1.20. The zero-order valence-electron chi connectivity index (χ0n) is 10.3. The van der Waals surface area contributed by atoms with Crippen LogP contribution in [0.1, 0.15) is 13.8 Å². The van der Waals surface area contributed by atoms with Gasteiger partial charge >= 0.3 is 11.9 Å². The molecule has 6 nitrogen and oxygen atoms in total. The molecule has 0 aromatic heterocycles. The van der Waals surface area contributed by atoms with Gasteiger partial charge in [-0.1, -0.05) is 11.8 Å². The molecular formula is C11H15NO5S. The molecule has 7 heteroatoms. The van der Waals surface area contributed by atoms with Gasteiger partial charge in [0.1, 0.15) is 6.54 Å². The first-order chi connectivity index (χ1) is 8.58. The van der Waals surface area contributed by atoms with Crippen LogP contribution in [0.5, 0.6) is 0 Å². The Morgan fingerprint density at radius 2 is 2.00 bits per heavy atom. The van der Waals surface area contributed by atoms with E-state index in [1.54, 1.807) is 13.8 Å². The number of rotatable bonds is 5. The van der Waals surface area contributed by atoms with Crippen molar-refractivity contribution in [3.05, 3.63) is 11.1 Å². The molecule has 0 atom stereocenters. The number of carbonyl (C=O) groups excluding carboxylic acids is 3. The van der Waals surface area contributed by atoms with Crippen molar-refractivity contribution in [1.29, 1.82) is 0 Å². The molecule has 100 valence electrons. The molecule has 1 aliphatic heterocycles. The van der Waals surface area contributed by atoms with E-state index in [4.69, 9.17) is 9.47 Å². The summed E-state index contributed by atoms with van der Waals surface area (Å²) in [6.45, 7) is 3.72. The number of esters is 2. The van der Waals surface area contributed by atoms with Gasteiger partial charge in [0.15, 0.2) is 0 Å². The SMILES string of the molecule is CCOC(=O)C=C1SCC(=O)N1CC(=O)OCC. The number of nitrogens with zero attached hydrogens (tertiary/aromatic N) is 1. The second-order valence-corrected chi connectivity index (χ2v) is 4.30. The monoisotopic (exact) mass is 273 g/mol. The van der Waals surface area contributed by atoms with E-state index in [1.165, 1.54) is 22.7 Å². The summed E-state index contributed by atoms with van der Waals surface area (Å²) in [6, 6.07) is 0. The molecule has 1 amide bonds. The summed E-state index contributed by atoms with van der Waals surface area (Å²) in [7, 11) is 0. The molecule has 0 aliphatic carbocycles. The van der Waals surface area contributed by atoms with Crippen LogP contribution in [0.2, 0.25) is 0 Å². The predicted molar refractivity (Wildman–Crippen MR) is 65.5 cm³/mol. The Kier molecular flexibility index (Phi) is 5.70. The second-order valence-electron chi connectivity index (χ2n) is 3.31. The lowest BCUT2D eigenvalue weighted by Gasteiger charge is -2.15. The van der Waals surface area contributed by atoms with Gasteiger partial charge in [-0.15, -0.1) is 0 Å². The summed E-state index contributed by atoms with van der Waals surface area (Å²) < 4.78 is 9.52. The number of hydrogen-bond donors (Lipinski definition) is 0. The van der Waals surface area contributed by atoms with Crippen molar-refractivity contribution in [2.45, 2.75) is 13.8 Å². The molecule has 18 heavy (non-hydrogen) atoms. The molecular weight excluding hydrogens is 258 g/mol. The Bertz CT molecular complexity index is 380. The molecule has 0 bridgehead atoms. The van der Waals surface area contributed by atoms with E-state index >= 15 is 0 Å². The van der Waals surface area contributed by atoms with Crippen molar-refractivity contribution < 1.29 is 23.9 Å². The highest BCUT2D eigenvalue weighted by Crippen LogP contribution is 2.28. The van der Waals surface area contributed by atoms with Crippen molar-refractivity contribution in [2.75, 3.05) is 25.5 Å². The first-order valence-electron chi connectivity index (χ1n) is 5.55. The van der Waals surface area contributed by atoms with Gasteiger partial charge in [-0.3, -0.25) is 14.5 Å². The van der Waals surface area contributed by atoms with Gasteiger partial charge in [-0.05, 0) is 13.8 Å². The van der Waals surface area contributed by atoms with Gasteiger partial charge < -0.3 is 9.47 Å². The average Bonchev–Trinajstić information content (AvgIpc) is 2.62. The highest BCUT2D eigenvalue weighted by molar-refractivity contribution is 8.04. The number of thioether (sulfide) groups is 1. The van der Waals surface area contributed by atoms with Crippen LogP contribution in [-0.2, 0) is 23.9 Å². The van der Waals surface area contributed by atoms with Crippen LogP contribution < -0.4 is 0 Å². The van der Waals surface area contributed by atoms with Crippen molar-refractivity contribution in [3.8, 4) is 0 Å². The lowest BCUT2D eigenvalue weighted by molar-refractivity contribution is -0.146. The molecule has 0 aromatic carbocycles. The molecule has 1 fully saturated rings. The normalized spacial score (nSPS) is 17.1. The lowest BCUT2D eigenvalue weighted by atomic mass is 10.4. The largest absolute Gasteiger partial charge is 0.465 e. The minimum atomic E-state index is -0.524. The maximum absolute atomic E-state index is 11.6. The topological polar surface area (TPSA) is 72.9 Å². The van der Waals surface area contributed by atoms with E-state index in [1.807, 2.05) is 0 Å². The Labute approximate surface area is 109 Å². The molecule has 1 heterocycles. The lowest BCUT2D eigenvalue weighted by Crippen LogP contribution is -2.31. The van der Waals surface area contributed by atoms with Crippen LogP contribution in [0.4, 0.5) is 0 Å². The highest BCUT2D eigenvalue weighted by Gasteiger charge is 2.29. The quantitative estimate of drug-likeness (QED) is 0.537. The van der Waals surface area contributed by atoms with E-state index in [2.05, 4.69) is 0 Å². The minimum absolute atomic E-state index is 0.176. The van der Waals surface area contributed by atoms with Crippen molar-refractivity contribution in [1.82, 2.24) is 4.90 Å². The molecule has 1 rings (SSSR count). The molecule has 0 N–H and O–H groups in total. The van der Waals surface area contributed by atoms with Crippen LogP contribution in [0.25, 0.3) is 0 Å². The highest BCUT2D eigenvalue weighted by atomic mass is 32.2. The van der Waals surface area contributed by atoms with Crippen LogP contribution in [0.15, 0.2) is 11.1 Å². The molecule has 1 aliphatic rings. The van der Waals surface area contributed by atoms with E-state index in [0.717, 1.165) is 0 Å². The van der Waals surface area contributed by atoms with Gasteiger partial charge in [0.05, 0.1) is 30.1 Å². The van der Waals surface area contributed by atoms with E-state index in [9.17, 15) is 14.4 Å². The van der Waals surface area contributed by atoms with Crippen molar-refractivity contribution in [2.24, 2.45) is 0 Å². The number of amides is 1. The molecule has 0 radical (unpaired) electrons. The maximum Gasteiger partial charge on any atom is 0.333 e. The fourth-order valence-electron chi connectivity index (χ4n) is 1.32. The summed E-state index contributed by atoms with van der Waals surface area (Å²) in [6.07, 6.45) is 1.22. The standard InChI is InChI=1S/C11H15NO5S/c1-3-16-10(14)5-9-12(8(13)7-18-9)6-11(15)17-4-2/h5H,3-4,6-7H2,1-2H3. The van der Waals surface area contributed by atoms with Gasteiger partial charge in [-0.25, -0.2) is 4.79 Å². The number of ether oxygens (including phenoxy) is 2. The molecule has 0 saturated carbocycles. The van der Waals surface area contributed by atoms with Gasteiger partial charge in [-0.2, -0.15) is 0 Å². The first kappa shape index (κ1) is 14.6. The van der Waals surface area contributed by atoms with Crippen LogP contribution >= 0.6 is 11.8 Å². The van der Waals surface area contributed by atoms with Gasteiger partial charge in [0, 0.05) is 0 Å². The van der Waals surface area contributed by atoms with E-state index in [-0.39, 0.29) is 31.4 Å². The van der Waals surface area contributed by atoms with Gasteiger partial charge in [0.2, 0.25) is 5.91 Å². The summed E-state index contributed by atoms with van der Waals surface area (Å²) in [5.41, 5.74) is 0. The Balaban J connectivity index is 2.70. The molecule has 0 spiro atoms. The van der Waals surface area contributed by atoms with E-state index < -0.39 is 11.9 Å². The third-order valence-electron chi connectivity index (χ3n) is 2.03. The average molecular weight is 273 g/mol. The Morgan fingerprint density at radius 1 is 1.33 bits per heavy atom. The maximum atomic E-state index is 11.6. The van der Waals surface area contributed by atoms with Crippen molar-refractivity contribution in [3.63, 3.8) is 0 Å². The van der Waals surface area contributed by atoms with Gasteiger partial charge in [0.25, 0.3) is 0 Å². The molecule has 1 saturated heterocycles. The van der Waals surface area contributed by atoms with Crippen LogP contribution in [0.3, 0.4) is 0 Å². The van der Waals surface area contributed by atoms with Crippen molar-refractivity contribution >= 4 is 29.6 Å². The third-order valence-corrected chi connectivity index (χ3v) is 3.06. The fraction of sp³-hybridized carbons (Fsp3) is 0.545. The van der Waals surface area contributed by atoms with E-state index in [0.29, 0.717) is 5.03 Å². The third kappa shape index (κ3) is 4.06. The predicted octanol–water partition coefficient (Wildman–Crippen LogP) is 0.529. The molecule has 0 unspecified atom stereocenters. The first-order valence-corrected chi connectivity index (χ1v) is 6.54. The Hall–Kier alpha value is -1.50. The van der Waals surface area contributed by atoms with Crippen LogP contribution in [-0.4, -0.2) is 48.3 Å². The summed E-state index contributed by atoms with van der Waals surface area (Å²) in [5.74, 6) is -1.03. The molecule has 0 aromatic rings. The summed E-state index contributed by atoms with van der Waals surface area (Å²) in [5, 5.41) is 0.423. The fourth-order valence-corrected chi connectivity index (χ4v) is 2.25. The van der Waals surface area contributed by atoms with Crippen LogP contribution in [0, 0.1) is 0 Å². The number of hydrogen-bond acceptors (Lipinski definition) is 6. The minimum Gasteiger partial charge on any atom is -0.465 e. The smallest absolute Gasteiger partial charge is 0.333 e. The zero-order chi connectivity index (χ0) is 13.5. The zero-order valence-corrected chi connectivity index (χ0v) is 11.1. The summed E-state index contributed by atoms with van der Waals surface area (Å²) in [4.78, 5) is 35.4.